The van der Waals surface area contributed by atoms with Crippen molar-refractivity contribution >= 4 is 11.6 Å². The summed E-state index contributed by atoms with van der Waals surface area (Å²) in [7, 11) is 0. The number of ether oxygens (including phenoxy) is 1. The number of carbonyl (C=O) groups is 1. The van der Waals surface area contributed by atoms with Crippen LogP contribution in [0.25, 0.3) is 0 Å². The Morgan fingerprint density at radius 3 is 2.79 bits per heavy atom. The second kappa shape index (κ2) is 6.09. The number of hydrogen-bond donors (Lipinski definition) is 1. The molecule has 1 heterocycles. The molecule has 19 heavy (non-hydrogen) atoms. The zero-order valence-electron chi connectivity index (χ0n) is 11.1. The molecule has 0 saturated heterocycles. The van der Waals surface area contributed by atoms with E-state index in [2.05, 4.69) is 5.32 Å². The number of carbonyl (C=O) groups excluding carboxylic acids is 1. The first kappa shape index (κ1) is 13.2. The third kappa shape index (κ3) is 3.16. The van der Waals surface area contributed by atoms with Gasteiger partial charge in [0.2, 0.25) is 0 Å². The van der Waals surface area contributed by atoms with E-state index < -0.39 is 0 Å². The van der Waals surface area contributed by atoms with E-state index in [9.17, 15) is 4.79 Å². The highest BCUT2D eigenvalue weighted by molar-refractivity contribution is 6.05. The van der Waals surface area contributed by atoms with Gasteiger partial charge in [-0.1, -0.05) is 19.1 Å². The Bertz CT molecular complexity index is 560. The quantitative estimate of drug-likeness (QED) is 0.892. The first-order valence-electron chi connectivity index (χ1n) is 6.29. The van der Waals surface area contributed by atoms with E-state index >= 15 is 0 Å². The van der Waals surface area contributed by atoms with Crippen LogP contribution in [0.1, 0.15) is 29.5 Å². The summed E-state index contributed by atoms with van der Waals surface area (Å²) in [6.07, 6.45) is 2.42. The second-order valence-corrected chi connectivity index (χ2v) is 4.19. The maximum atomic E-state index is 12.1. The number of rotatable bonds is 5. The zero-order chi connectivity index (χ0) is 13.7. The summed E-state index contributed by atoms with van der Waals surface area (Å²) in [5.41, 5.74) is 1.20. The number of nitrogens with one attached hydrogen (secondary N) is 1. The van der Waals surface area contributed by atoms with Crippen molar-refractivity contribution in [2.45, 2.75) is 20.3 Å². The lowest BCUT2D eigenvalue weighted by Gasteiger charge is -2.11. The molecule has 1 aromatic carbocycles. The Morgan fingerprint density at radius 1 is 1.32 bits per heavy atom. The predicted octanol–water partition coefficient (Wildman–Crippen LogP) is 3.63. The number of benzene rings is 1. The van der Waals surface area contributed by atoms with E-state index in [4.69, 9.17) is 9.15 Å². The third-order valence-electron chi connectivity index (χ3n) is 2.70. The van der Waals surface area contributed by atoms with Gasteiger partial charge in [0.1, 0.15) is 11.5 Å². The van der Waals surface area contributed by atoms with Gasteiger partial charge in [-0.05, 0) is 31.5 Å². The molecule has 1 amide bonds. The van der Waals surface area contributed by atoms with Gasteiger partial charge in [-0.2, -0.15) is 0 Å². The van der Waals surface area contributed by atoms with Crippen LogP contribution in [-0.2, 0) is 0 Å². The molecular weight excluding hydrogens is 242 g/mol. The van der Waals surface area contributed by atoms with Crippen LogP contribution in [0.3, 0.4) is 0 Å². The largest absolute Gasteiger partial charge is 0.491 e. The predicted molar refractivity (Wildman–Crippen MR) is 73.6 cm³/mol. The number of furan rings is 1. The summed E-state index contributed by atoms with van der Waals surface area (Å²) in [4.78, 5) is 12.1. The fourth-order valence-electron chi connectivity index (χ4n) is 1.72. The minimum absolute atomic E-state index is 0.196. The lowest BCUT2D eigenvalue weighted by atomic mass is 10.2. The van der Waals surface area contributed by atoms with Crippen molar-refractivity contribution in [2.24, 2.45) is 0 Å². The van der Waals surface area contributed by atoms with Gasteiger partial charge in [0, 0.05) is 0 Å². The molecule has 0 spiro atoms. The molecule has 0 saturated carbocycles. The first-order valence-corrected chi connectivity index (χ1v) is 6.29. The molecule has 0 fully saturated rings. The Balaban J connectivity index is 2.15. The van der Waals surface area contributed by atoms with Crippen LogP contribution in [0, 0.1) is 6.92 Å². The molecule has 0 aliphatic carbocycles. The average Bonchev–Trinajstić information content (AvgIpc) is 2.84. The fourth-order valence-corrected chi connectivity index (χ4v) is 1.72. The third-order valence-corrected chi connectivity index (χ3v) is 2.70. The standard InChI is InChI=1S/C15H17NO3/c1-3-9-19-14-7-5-4-6-13(14)16-15(17)12-8-10-18-11(12)2/h4-8,10H,3,9H2,1-2H3,(H,16,17). The molecule has 4 nitrogen and oxygen atoms in total. The highest BCUT2D eigenvalue weighted by Gasteiger charge is 2.13. The minimum Gasteiger partial charge on any atom is -0.491 e. The van der Waals surface area contributed by atoms with E-state index in [0.29, 0.717) is 29.4 Å². The van der Waals surface area contributed by atoms with Crippen molar-refractivity contribution in [3.8, 4) is 5.75 Å². The van der Waals surface area contributed by atoms with Crippen molar-refractivity contribution in [1.29, 1.82) is 0 Å². The molecule has 4 heteroatoms. The highest BCUT2D eigenvalue weighted by Crippen LogP contribution is 2.25. The maximum Gasteiger partial charge on any atom is 0.259 e. The van der Waals surface area contributed by atoms with Crippen LogP contribution in [0.5, 0.6) is 5.75 Å². The van der Waals surface area contributed by atoms with Crippen LogP contribution < -0.4 is 10.1 Å². The lowest BCUT2D eigenvalue weighted by molar-refractivity contribution is 0.102. The van der Waals surface area contributed by atoms with E-state index in [-0.39, 0.29) is 5.91 Å². The van der Waals surface area contributed by atoms with Gasteiger partial charge >= 0.3 is 0 Å². The summed E-state index contributed by atoms with van der Waals surface area (Å²) >= 11 is 0. The van der Waals surface area contributed by atoms with Crippen molar-refractivity contribution < 1.29 is 13.9 Å². The summed E-state index contributed by atoms with van der Waals surface area (Å²) in [6.45, 7) is 4.42. The van der Waals surface area contributed by atoms with Gasteiger partial charge in [0.05, 0.1) is 24.1 Å². The lowest BCUT2D eigenvalue weighted by Crippen LogP contribution is -2.13. The van der Waals surface area contributed by atoms with Crippen LogP contribution in [-0.4, -0.2) is 12.5 Å². The molecule has 1 aromatic heterocycles. The molecular formula is C15H17NO3. The normalized spacial score (nSPS) is 10.2. The molecule has 0 bridgehead atoms. The Hall–Kier alpha value is -2.23. The van der Waals surface area contributed by atoms with Crippen LogP contribution in [0.2, 0.25) is 0 Å². The maximum absolute atomic E-state index is 12.1. The number of aryl methyl sites for hydroxylation is 1. The summed E-state index contributed by atoms with van der Waals surface area (Å²) in [5.74, 6) is 1.09. The molecule has 0 unspecified atom stereocenters. The topological polar surface area (TPSA) is 51.5 Å². The Morgan fingerprint density at radius 2 is 2.11 bits per heavy atom. The number of para-hydroxylation sites is 2. The second-order valence-electron chi connectivity index (χ2n) is 4.19. The summed E-state index contributed by atoms with van der Waals surface area (Å²) in [5, 5.41) is 2.84. The van der Waals surface area contributed by atoms with Crippen LogP contribution in [0.15, 0.2) is 41.0 Å². The van der Waals surface area contributed by atoms with Gasteiger partial charge in [0.15, 0.2) is 0 Å². The van der Waals surface area contributed by atoms with Gasteiger partial charge in [-0.3, -0.25) is 4.79 Å². The molecule has 0 radical (unpaired) electrons. The molecule has 100 valence electrons. The highest BCUT2D eigenvalue weighted by atomic mass is 16.5. The van der Waals surface area contributed by atoms with Gasteiger partial charge < -0.3 is 14.5 Å². The number of hydrogen-bond acceptors (Lipinski definition) is 3. The summed E-state index contributed by atoms with van der Waals surface area (Å²) in [6, 6.07) is 9.05. The van der Waals surface area contributed by atoms with E-state index in [0.717, 1.165) is 6.42 Å². The Kier molecular flexibility index (Phi) is 4.23. The van der Waals surface area contributed by atoms with Crippen LogP contribution in [0.4, 0.5) is 5.69 Å². The fraction of sp³-hybridized carbons (Fsp3) is 0.267. The van der Waals surface area contributed by atoms with Gasteiger partial charge in [-0.25, -0.2) is 0 Å². The molecule has 0 aliphatic heterocycles. The van der Waals surface area contributed by atoms with Crippen molar-refractivity contribution in [3.05, 3.63) is 47.9 Å². The molecule has 0 aliphatic rings. The van der Waals surface area contributed by atoms with Crippen molar-refractivity contribution in [2.75, 3.05) is 11.9 Å². The van der Waals surface area contributed by atoms with Crippen molar-refractivity contribution in [1.82, 2.24) is 0 Å². The molecule has 2 rings (SSSR count). The zero-order valence-corrected chi connectivity index (χ0v) is 11.1. The smallest absolute Gasteiger partial charge is 0.259 e. The Labute approximate surface area is 112 Å². The monoisotopic (exact) mass is 259 g/mol. The molecule has 2 aromatic rings. The first-order chi connectivity index (χ1) is 9.22. The average molecular weight is 259 g/mol. The van der Waals surface area contributed by atoms with E-state index in [1.807, 2.05) is 31.2 Å². The van der Waals surface area contributed by atoms with E-state index in [1.165, 1.54) is 6.26 Å². The van der Waals surface area contributed by atoms with E-state index in [1.54, 1.807) is 13.0 Å². The summed E-state index contributed by atoms with van der Waals surface area (Å²) < 4.78 is 10.7. The van der Waals surface area contributed by atoms with Crippen molar-refractivity contribution in [3.63, 3.8) is 0 Å². The SMILES string of the molecule is CCCOc1ccccc1NC(=O)c1ccoc1C. The van der Waals surface area contributed by atoms with Gasteiger partial charge in [-0.15, -0.1) is 0 Å². The molecule has 0 atom stereocenters. The van der Waals surface area contributed by atoms with Crippen LogP contribution >= 0.6 is 0 Å². The molecule has 1 N–H and O–H groups in total. The minimum atomic E-state index is -0.196. The number of amides is 1. The number of anilines is 1. The van der Waals surface area contributed by atoms with Gasteiger partial charge in [0.25, 0.3) is 5.91 Å².